The highest BCUT2D eigenvalue weighted by molar-refractivity contribution is 5.28. The van der Waals surface area contributed by atoms with E-state index in [9.17, 15) is 0 Å². The largest absolute Gasteiger partial charge is 0.492 e. The minimum atomic E-state index is 0.797. The van der Waals surface area contributed by atoms with Crippen LogP contribution in [0.15, 0.2) is 24.3 Å². The second kappa shape index (κ2) is 8.18. The van der Waals surface area contributed by atoms with Crippen molar-refractivity contribution in [3.05, 3.63) is 29.8 Å². The maximum Gasteiger partial charge on any atom is 0.119 e. The summed E-state index contributed by atoms with van der Waals surface area (Å²) in [6, 6.07) is 8.42. The normalized spacial score (nSPS) is 15.8. The second-order valence-electron chi connectivity index (χ2n) is 5.22. The highest BCUT2D eigenvalue weighted by atomic mass is 16.5. The second-order valence-corrected chi connectivity index (χ2v) is 5.22. The van der Waals surface area contributed by atoms with Crippen LogP contribution in [0.1, 0.15) is 31.7 Å². The van der Waals surface area contributed by atoms with Crippen LogP contribution in [0.2, 0.25) is 0 Å². The van der Waals surface area contributed by atoms with Gasteiger partial charge in [0.25, 0.3) is 0 Å². The summed E-state index contributed by atoms with van der Waals surface area (Å²) < 4.78 is 5.85. The number of hydrogen-bond acceptors (Lipinski definition) is 3. The van der Waals surface area contributed by atoms with E-state index in [-0.39, 0.29) is 0 Å². The van der Waals surface area contributed by atoms with Crippen molar-refractivity contribution < 1.29 is 4.74 Å². The van der Waals surface area contributed by atoms with Gasteiger partial charge in [-0.3, -0.25) is 4.90 Å². The van der Waals surface area contributed by atoms with E-state index < -0.39 is 0 Å². The SMILES string of the molecule is CCCNCc1cccc(OCCN2CCCC2)c1. The lowest BCUT2D eigenvalue weighted by Gasteiger charge is -2.15. The van der Waals surface area contributed by atoms with Gasteiger partial charge in [0, 0.05) is 13.1 Å². The molecule has 0 atom stereocenters. The molecule has 1 saturated heterocycles. The Hall–Kier alpha value is -1.06. The molecule has 0 unspecified atom stereocenters. The molecule has 1 aliphatic rings. The van der Waals surface area contributed by atoms with Gasteiger partial charge < -0.3 is 10.1 Å². The van der Waals surface area contributed by atoms with Crippen LogP contribution in [0.4, 0.5) is 0 Å². The van der Waals surface area contributed by atoms with Crippen LogP contribution < -0.4 is 10.1 Å². The molecular weight excluding hydrogens is 236 g/mol. The third-order valence-corrected chi connectivity index (χ3v) is 3.53. The van der Waals surface area contributed by atoms with Gasteiger partial charge in [0.2, 0.25) is 0 Å². The molecule has 1 aromatic rings. The molecule has 0 amide bonds. The smallest absolute Gasteiger partial charge is 0.119 e. The first kappa shape index (κ1) is 14.4. The lowest BCUT2D eigenvalue weighted by molar-refractivity contribution is 0.237. The molecule has 3 heteroatoms. The highest BCUT2D eigenvalue weighted by Crippen LogP contribution is 2.14. The molecule has 0 radical (unpaired) electrons. The number of nitrogens with one attached hydrogen (secondary N) is 1. The summed E-state index contributed by atoms with van der Waals surface area (Å²) in [7, 11) is 0. The molecule has 0 aliphatic carbocycles. The average molecular weight is 262 g/mol. The quantitative estimate of drug-likeness (QED) is 0.729. The summed E-state index contributed by atoms with van der Waals surface area (Å²) in [5, 5.41) is 3.42. The summed E-state index contributed by atoms with van der Waals surface area (Å²) in [6.45, 7) is 8.51. The van der Waals surface area contributed by atoms with Gasteiger partial charge in [0.05, 0.1) is 0 Å². The Morgan fingerprint density at radius 1 is 1.26 bits per heavy atom. The first-order valence-corrected chi connectivity index (χ1v) is 7.53. The summed E-state index contributed by atoms with van der Waals surface area (Å²) in [6.07, 6.45) is 3.86. The fourth-order valence-electron chi connectivity index (χ4n) is 2.45. The maximum atomic E-state index is 5.85. The average Bonchev–Trinajstić information content (AvgIpc) is 2.93. The lowest BCUT2D eigenvalue weighted by Crippen LogP contribution is -2.25. The topological polar surface area (TPSA) is 24.5 Å². The Bertz CT molecular complexity index is 362. The fraction of sp³-hybridized carbons (Fsp3) is 0.625. The Kier molecular flexibility index (Phi) is 6.18. The van der Waals surface area contributed by atoms with Crippen LogP contribution in [0.25, 0.3) is 0 Å². The van der Waals surface area contributed by atoms with Crippen LogP contribution in [0.3, 0.4) is 0 Å². The van der Waals surface area contributed by atoms with Gasteiger partial charge in [-0.05, 0) is 56.6 Å². The number of likely N-dealkylation sites (tertiary alicyclic amines) is 1. The zero-order valence-electron chi connectivity index (χ0n) is 12.0. The Morgan fingerprint density at radius 2 is 2.11 bits per heavy atom. The maximum absolute atomic E-state index is 5.85. The van der Waals surface area contributed by atoms with Gasteiger partial charge in [-0.1, -0.05) is 19.1 Å². The van der Waals surface area contributed by atoms with Crippen LogP contribution >= 0.6 is 0 Å². The van der Waals surface area contributed by atoms with E-state index in [4.69, 9.17) is 4.74 Å². The minimum Gasteiger partial charge on any atom is -0.492 e. The minimum absolute atomic E-state index is 0.797. The molecular formula is C16H26N2O. The third-order valence-electron chi connectivity index (χ3n) is 3.53. The lowest BCUT2D eigenvalue weighted by atomic mass is 10.2. The van der Waals surface area contributed by atoms with Gasteiger partial charge >= 0.3 is 0 Å². The molecule has 0 aromatic heterocycles. The molecule has 0 saturated carbocycles. The number of rotatable bonds is 8. The molecule has 1 heterocycles. The van der Waals surface area contributed by atoms with Crippen molar-refractivity contribution in [3.63, 3.8) is 0 Å². The molecule has 3 nitrogen and oxygen atoms in total. The van der Waals surface area contributed by atoms with Crippen molar-refractivity contribution in [2.45, 2.75) is 32.7 Å². The van der Waals surface area contributed by atoms with Crippen molar-refractivity contribution in [1.82, 2.24) is 10.2 Å². The van der Waals surface area contributed by atoms with Gasteiger partial charge in [0.15, 0.2) is 0 Å². The summed E-state index contributed by atoms with van der Waals surface area (Å²) in [5.74, 6) is 0.995. The number of ether oxygens (including phenoxy) is 1. The highest BCUT2D eigenvalue weighted by Gasteiger charge is 2.10. The van der Waals surface area contributed by atoms with E-state index in [1.807, 2.05) is 6.07 Å². The monoisotopic (exact) mass is 262 g/mol. The molecule has 0 bridgehead atoms. The van der Waals surface area contributed by atoms with E-state index in [2.05, 4.69) is 35.3 Å². The summed E-state index contributed by atoms with van der Waals surface area (Å²) in [4.78, 5) is 2.48. The zero-order valence-corrected chi connectivity index (χ0v) is 12.0. The molecule has 0 spiro atoms. The van der Waals surface area contributed by atoms with Crippen molar-refractivity contribution in [2.75, 3.05) is 32.8 Å². The summed E-state index contributed by atoms with van der Waals surface area (Å²) >= 11 is 0. The summed E-state index contributed by atoms with van der Waals surface area (Å²) in [5.41, 5.74) is 1.30. The molecule has 2 rings (SSSR count). The Labute approximate surface area is 116 Å². The number of hydrogen-bond donors (Lipinski definition) is 1. The van der Waals surface area contributed by atoms with E-state index in [1.54, 1.807) is 0 Å². The molecule has 1 aliphatic heterocycles. The standard InChI is InChI=1S/C16H26N2O/c1-2-8-17-14-15-6-5-7-16(13-15)19-12-11-18-9-3-4-10-18/h5-7,13,17H,2-4,8-12,14H2,1H3. The Balaban J connectivity index is 1.71. The van der Waals surface area contributed by atoms with E-state index in [0.29, 0.717) is 0 Å². The predicted molar refractivity (Wildman–Crippen MR) is 79.6 cm³/mol. The number of nitrogens with zero attached hydrogens (tertiary/aromatic N) is 1. The van der Waals surface area contributed by atoms with Crippen molar-refractivity contribution in [2.24, 2.45) is 0 Å². The van der Waals surface area contributed by atoms with Gasteiger partial charge in [-0.25, -0.2) is 0 Å². The fourth-order valence-corrected chi connectivity index (χ4v) is 2.45. The molecule has 1 aromatic carbocycles. The van der Waals surface area contributed by atoms with E-state index in [1.165, 1.54) is 37.9 Å². The molecule has 19 heavy (non-hydrogen) atoms. The third kappa shape index (κ3) is 5.21. The number of benzene rings is 1. The van der Waals surface area contributed by atoms with Crippen molar-refractivity contribution >= 4 is 0 Å². The molecule has 1 fully saturated rings. The van der Waals surface area contributed by atoms with Gasteiger partial charge in [-0.15, -0.1) is 0 Å². The van der Waals surface area contributed by atoms with Crippen molar-refractivity contribution in [3.8, 4) is 5.75 Å². The van der Waals surface area contributed by atoms with Crippen LogP contribution in [0.5, 0.6) is 5.75 Å². The first-order chi connectivity index (χ1) is 9.38. The molecule has 1 N–H and O–H groups in total. The van der Waals surface area contributed by atoms with Crippen LogP contribution in [0, 0.1) is 0 Å². The first-order valence-electron chi connectivity index (χ1n) is 7.53. The van der Waals surface area contributed by atoms with Crippen LogP contribution in [-0.2, 0) is 6.54 Å². The van der Waals surface area contributed by atoms with Crippen molar-refractivity contribution in [1.29, 1.82) is 0 Å². The molecule has 106 valence electrons. The van der Waals surface area contributed by atoms with Gasteiger partial charge in [-0.2, -0.15) is 0 Å². The van der Waals surface area contributed by atoms with E-state index >= 15 is 0 Å². The van der Waals surface area contributed by atoms with Gasteiger partial charge in [0.1, 0.15) is 12.4 Å². The van der Waals surface area contributed by atoms with E-state index in [0.717, 1.165) is 32.0 Å². The zero-order chi connectivity index (χ0) is 13.3. The predicted octanol–water partition coefficient (Wildman–Crippen LogP) is 2.66. The Morgan fingerprint density at radius 3 is 2.89 bits per heavy atom. The van der Waals surface area contributed by atoms with Crippen LogP contribution in [-0.4, -0.2) is 37.7 Å².